The minimum absolute atomic E-state index is 0.0214. The van der Waals surface area contributed by atoms with Gasteiger partial charge in [-0.1, -0.05) is 35.5 Å². The number of rotatable bonds is 3. The Morgan fingerprint density at radius 1 is 1.13 bits per heavy atom. The van der Waals surface area contributed by atoms with Crippen molar-refractivity contribution in [1.29, 1.82) is 0 Å². The molecule has 8 nitrogen and oxygen atoms in total. The smallest absolute Gasteiger partial charge is 0.343 e. The lowest BCUT2D eigenvalue weighted by atomic mass is 9.86. The standard InChI is InChI=1S/C20H15F3N6O2/c21-20(22,23)19(18-27-15(28-31-18)12-4-2-1-3-5-12)8-9-29(10-19)17(30)14-7-6-13-16(26-14)25-11-24-13/h1-7,11H,8-10H2,(H,24,25,26). The predicted molar refractivity (Wildman–Crippen MR) is 102 cm³/mol. The monoisotopic (exact) mass is 428 g/mol. The first-order chi connectivity index (χ1) is 14.9. The van der Waals surface area contributed by atoms with Gasteiger partial charge < -0.3 is 14.4 Å². The molecule has 1 atom stereocenters. The van der Waals surface area contributed by atoms with Crippen LogP contribution in [0.4, 0.5) is 13.2 Å². The Morgan fingerprint density at radius 3 is 2.71 bits per heavy atom. The van der Waals surface area contributed by atoms with E-state index < -0.39 is 29.9 Å². The number of imidazole rings is 1. The maximum Gasteiger partial charge on any atom is 0.405 e. The van der Waals surface area contributed by atoms with Gasteiger partial charge >= 0.3 is 6.18 Å². The van der Waals surface area contributed by atoms with Crippen molar-refractivity contribution in [3.63, 3.8) is 0 Å². The number of alkyl halides is 3. The Hall–Kier alpha value is -3.76. The SMILES string of the molecule is O=C(c1ccc2[nH]cnc2n1)N1CCC(c2nc(-c3ccccc3)no2)(C(F)(F)F)C1. The summed E-state index contributed by atoms with van der Waals surface area (Å²) in [6.45, 7) is -0.756. The van der Waals surface area contributed by atoms with Gasteiger partial charge in [0.05, 0.1) is 11.8 Å². The van der Waals surface area contributed by atoms with E-state index in [0.717, 1.165) is 4.90 Å². The first kappa shape index (κ1) is 19.2. The number of pyridine rings is 1. The molecule has 1 amide bonds. The van der Waals surface area contributed by atoms with E-state index in [9.17, 15) is 18.0 Å². The van der Waals surface area contributed by atoms with Crippen molar-refractivity contribution in [2.45, 2.75) is 18.0 Å². The molecule has 158 valence electrons. The summed E-state index contributed by atoms with van der Waals surface area (Å²) in [7, 11) is 0. The zero-order valence-corrected chi connectivity index (χ0v) is 15.9. The second-order valence-corrected chi connectivity index (χ2v) is 7.32. The van der Waals surface area contributed by atoms with Gasteiger partial charge in [-0.25, -0.2) is 9.97 Å². The van der Waals surface area contributed by atoms with Gasteiger partial charge in [-0.15, -0.1) is 0 Å². The second-order valence-electron chi connectivity index (χ2n) is 7.32. The summed E-state index contributed by atoms with van der Waals surface area (Å²) in [6, 6.07) is 11.6. The Kier molecular flexibility index (Phi) is 4.27. The molecule has 11 heteroatoms. The van der Waals surface area contributed by atoms with Crippen molar-refractivity contribution in [1.82, 2.24) is 30.0 Å². The summed E-state index contributed by atoms with van der Waals surface area (Å²) in [4.78, 5) is 29.0. The minimum atomic E-state index is -4.69. The third-order valence-electron chi connectivity index (χ3n) is 5.47. The molecular formula is C20H15F3N6O2. The second kappa shape index (κ2) is 6.89. The minimum Gasteiger partial charge on any atom is -0.343 e. The first-order valence-electron chi connectivity index (χ1n) is 9.43. The highest BCUT2D eigenvalue weighted by atomic mass is 19.4. The van der Waals surface area contributed by atoms with E-state index >= 15 is 0 Å². The van der Waals surface area contributed by atoms with Gasteiger partial charge in [-0.2, -0.15) is 18.2 Å². The lowest BCUT2D eigenvalue weighted by molar-refractivity contribution is -0.193. The molecule has 1 aliphatic heterocycles. The number of aromatic nitrogens is 5. The van der Waals surface area contributed by atoms with Crippen molar-refractivity contribution >= 4 is 17.1 Å². The van der Waals surface area contributed by atoms with E-state index in [1.807, 2.05) is 0 Å². The van der Waals surface area contributed by atoms with Crippen LogP contribution in [0, 0.1) is 0 Å². The molecule has 0 aliphatic carbocycles. The van der Waals surface area contributed by atoms with Gasteiger partial charge in [0.25, 0.3) is 5.91 Å². The number of nitrogens with zero attached hydrogens (tertiary/aromatic N) is 5. The average molecular weight is 428 g/mol. The van der Waals surface area contributed by atoms with Crippen molar-refractivity contribution < 1.29 is 22.5 Å². The number of carbonyl (C=O) groups excluding carboxylic acids is 1. The van der Waals surface area contributed by atoms with Gasteiger partial charge in [0.2, 0.25) is 11.7 Å². The number of amides is 1. The summed E-state index contributed by atoms with van der Waals surface area (Å²) in [5.41, 5.74) is -0.942. The Balaban J connectivity index is 1.46. The van der Waals surface area contributed by atoms with Crippen LogP contribution in [0.5, 0.6) is 0 Å². The topological polar surface area (TPSA) is 101 Å². The molecule has 4 aromatic rings. The summed E-state index contributed by atoms with van der Waals surface area (Å²) < 4.78 is 47.7. The van der Waals surface area contributed by atoms with Crippen molar-refractivity contribution in [3.8, 4) is 11.4 Å². The first-order valence-corrected chi connectivity index (χ1v) is 9.43. The van der Waals surface area contributed by atoms with Gasteiger partial charge in [-0.05, 0) is 18.6 Å². The molecule has 1 unspecified atom stereocenters. The molecule has 1 fully saturated rings. The van der Waals surface area contributed by atoms with Crippen LogP contribution in [-0.4, -0.2) is 55.2 Å². The molecule has 4 heterocycles. The Morgan fingerprint density at radius 2 is 1.94 bits per heavy atom. The third kappa shape index (κ3) is 3.13. The molecule has 0 spiro atoms. The Labute approximate surface area is 173 Å². The Bertz CT molecular complexity index is 1250. The van der Waals surface area contributed by atoms with Crippen molar-refractivity contribution in [2.75, 3.05) is 13.1 Å². The van der Waals surface area contributed by atoms with Crippen LogP contribution in [0.2, 0.25) is 0 Å². The van der Waals surface area contributed by atoms with Gasteiger partial charge in [0.1, 0.15) is 5.69 Å². The predicted octanol–water partition coefficient (Wildman–Crippen LogP) is 3.35. The quantitative estimate of drug-likeness (QED) is 0.537. The van der Waals surface area contributed by atoms with Crippen LogP contribution in [-0.2, 0) is 5.41 Å². The van der Waals surface area contributed by atoms with E-state index in [4.69, 9.17) is 4.52 Å². The third-order valence-corrected chi connectivity index (χ3v) is 5.47. The molecule has 5 rings (SSSR count). The number of nitrogens with one attached hydrogen (secondary N) is 1. The summed E-state index contributed by atoms with van der Waals surface area (Å²) >= 11 is 0. The van der Waals surface area contributed by atoms with Gasteiger partial charge in [0, 0.05) is 18.7 Å². The van der Waals surface area contributed by atoms with Gasteiger partial charge in [0.15, 0.2) is 11.1 Å². The summed E-state index contributed by atoms with van der Waals surface area (Å²) in [5.74, 6) is -1.10. The summed E-state index contributed by atoms with van der Waals surface area (Å²) in [6.07, 6.45) is -3.65. The van der Waals surface area contributed by atoms with Crippen LogP contribution < -0.4 is 0 Å². The molecular weight excluding hydrogens is 413 g/mol. The number of likely N-dealkylation sites (tertiary alicyclic amines) is 1. The largest absolute Gasteiger partial charge is 0.405 e. The lowest BCUT2D eigenvalue weighted by Crippen LogP contribution is -2.46. The lowest BCUT2D eigenvalue weighted by Gasteiger charge is -2.27. The molecule has 1 aromatic carbocycles. The maximum atomic E-state index is 14.2. The van der Waals surface area contributed by atoms with Crippen molar-refractivity contribution in [2.24, 2.45) is 0 Å². The fraction of sp³-hybridized carbons (Fsp3) is 0.250. The maximum absolute atomic E-state index is 14.2. The molecule has 3 aromatic heterocycles. The number of H-pyrrole nitrogens is 1. The van der Waals surface area contributed by atoms with E-state index in [2.05, 4.69) is 25.1 Å². The molecule has 31 heavy (non-hydrogen) atoms. The number of hydrogen-bond acceptors (Lipinski definition) is 6. The molecule has 1 N–H and O–H groups in total. The molecule has 0 bridgehead atoms. The highest BCUT2D eigenvalue weighted by molar-refractivity contribution is 5.94. The van der Waals surface area contributed by atoms with Crippen LogP contribution in [0.3, 0.4) is 0 Å². The van der Waals surface area contributed by atoms with E-state index in [1.165, 1.54) is 12.4 Å². The average Bonchev–Trinajstić information content (AvgIpc) is 3.52. The summed E-state index contributed by atoms with van der Waals surface area (Å²) in [5, 5.41) is 3.73. The molecule has 1 aliphatic rings. The molecule has 0 radical (unpaired) electrons. The highest BCUT2D eigenvalue weighted by Crippen LogP contribution is 2.47. The zero-order valence-electron chi connectivity index (χ0n) is 15.9. The van der Waals surface area contributed by atoms with E-state index in [0.29, 0.717) is 16.7 Å². The number of aromatic amines is 1. The van der Waals surface area contributed by atoms with Crippen molar-refractivity contribution in [3.05, 3.63) is 60.4 Å². The molecule has 0 saturated carbocycles. The fourth-order valence-electron chi connectivity index (χ4n) is 3.74. The van der Waals surface area contributed by atoms with Crippen LogP contribution in [0.15, 0.2) is 53.3 Å². The number of benzene rings is 1. The van der Waals surface area contributed by atoms with Crippen LogP contribution in [0.1, 0.15) is 22.8 Å². The number of halogens is 3. The van der Waals surface area contributed by atoms with E-state index in [1.54, 1.807) is 36.4 Å². The molecule has 1 saturated heterocycles. The number of carbonyl (C=O) groups is 1. The number of hydrogen-bond donors (Lipinski definition) is 1. The van der Waals surface area contributed by atoms with Gasteiger partial charge in [-0.3, -0.25) is 4.79 Å². The number of fused-ring (bicyclic) bond motifs is 1. The zero-order chi connectivity index (χ0) is 21.6. The van der Waals surface area contributed by atoms with E-state index in [-0.39, 0.29) is 24.5 Å². The fourth-order valence-corrected chi connectivity index (χ4v) is 3.74. The highest BCUT2D eigenvalue weighted by Gasteiger charge is 2.63. The van der Waals surface area contributed by atoms with Crippen LogP contribution >= 0.6 is 0 Å². The normalized spacial score (nSPS) is 19.3. The van der Waals surface area contributed by atoms with Crippen LogP contribution in [0.25, 0.3) is 22.6 Å².